The molecule has 0 amide bonds. The second kappa shape index (κ2) is 6.62. The molecule has 6 heteroatoms. The smallest absolute Gasteiger partial charge is 0.165 e. The number of thiophene rings is 1. The molecule has 0 aliphatic carbocycles. The van der Waals surface area contributed by atoms with Gasteiger partial charge < -0.3 is 4.74 Å². The maximum atomic E-state index is 13.5. The molecule has 0 atom stereocenters. The Labute approximate surface area is 136 Å². The molecule has 0 bridgehead atoms. The van der Waals surface area contributed by atoms with E-state index in [1.54, 1.807) is 47.6 Å². The third kappa shape index (κ3) is 3.08. The lowest BCUT2D eigenvalue weighted by Gasteiger charge is -2.07. The zero-order valence-electron chi connectivity index (χ0n) is 12.3. The SMILES string of the molecule is Cc1sc2ncnc(SCCOc3ccccc3F)c2c1C. The number of hydrogen-bond donors (Lipinski definition) is 0. The van der Waals surface area contributed by atoms with Crippen molar-refractivity contribution < 1.29 is 9.13 Å². The van der Waals surface area contributed by atoms with Crippen molar-refractivity contribution >= 4 is 33.3 Å². The molecular weight excluding hydrogens is 319 g/mol. The van der Waals surface area contributed by atoms with Crippen LogP contribution in [0.1, 0.15) is 10.4 Å². The van der Waals surface area contributed by atoms with E-state index in [-0.39, 0.29) is 5.82 Å². The molecule has 0 radical (unpaired) electrons. The summed E-state index contributed by atoms with van der Waals surface area (Å²) in [5.74, 6) is 0.661. The van der Waals surface area contributed by atoms with Gasteiger partial charge >= 0.3 is 0 Å². The van der Waals surface area contributed by atoms with E-state index in [0.717, 1.165) is 15.2 Å². The minimum Gasteiger partial charge on any atom is -0.490 e. The van der Waals surface area contributed by atoms with E-state index in [2.05, 4.69) is 23.8 Å². The normalized spacial score (nSPS) is 11.0. The standard InChI is InChI=1S/C16H15FN2OS2/c1-10-11(2)22-16-14(10)15(18-9-19-16)21-8-7-20-13-6-4-3-5-12(13)17/h3-6,9H,7-8H2,1-2H3. The van der Waals surface area contributed by atoms with Crippen LogP contribution in [-0.2, 0) is 0 Å². The summed E-state index contributed by atoms with van der Waals surface area (Å²) >= 11 is 3.30. The zero-order chi connectivity index (χ0) is 15.5. The number of para-hydroxylation sites is 1. The molecule has 114 valence electrons. The number of aromatic nitrogens is 2. The van der Waals surface area contributed by atoms with Crippen molar-refractivity contribution in [2.75, 3.05) is 12.4 Å². The number of aryl methyl sites for hydroxylation is 2. The third-order valence-corrected chi connectivity index (χ3v) is 5.42. The van der Waals surface area contributed by atoms with Crippen LogP contribution in [0.15, 0.2) is 35.6 Å². The van der Waals surface area contributed by atoms with Crippen molar-refractivity contribution in [1.82, 2.24) is 9.97 Å². The number of thioether (sulfide) groups is 1. The van der Waals surface area contributed by atoms with E-state index >= 15 is 0 Å². The van der Waals surface area contributed by atoms with Gasteiger partial charge in [0.25, 0.3) is 0 Å². The van der Waals surface area contributed by atoms with Gasteiger partial charge in [-0.25, -0.2) is 14.4 Å². The predicted octanol–water partition coefficient (Wildman–Crippen LogP) is 4.62. The summed E-state index contributed by atoms with van der Waals surface area (Å²) in [6.45, 7) is 4.62. The van der Waals surface area contributed by atoms with E-state index in [9.17, 15) is 4.39 Å². The van der Waals surface area contributed by atoms with Crippen molar-refractivity contribution in [3.8, 4) is 5.75 Å². The molecule has 0 fully saturated rings. The summed E-state index contributed by atoms with van der Waals surface area (Å²) in [5.41, 5.74) is 1.23. The maximum Gasteiger partial charge on any atom is 0.165 e. The number of nitrogens with zero attached hydrogens (tertiary/aromatic N) is 2. The van der Waals surface area contributed by atoms with E-state index in [1.807, 2.05) is 0 Å². The van der Waals surface area contributed by atoms with Crippen molar-refractivity contribution in [2.24, 2.45) is 0 Å². The van der Waals surface area contributed by atoms with Crippen LogP contribution in [0, 0.1) is 19.7 Å². The Kier molecular flexibility index (Phi) is 4.59. The highest BCUT2D eigenvalue weighted by Gasteiger charge is 2.12. The van der Waals surface area contributed by atoms with Crippen LogP contribution < -0.4 is 4.74 Å². The Morgan fingerprint density at radius 3 is 2.86 bits per heavy atom. The lowest BCUT2D eigenvalue weighted by Crippen LogP contribution is -2.02. The topological polar surface area (TPSA) is 35.0 Å². The minimum absolute atomic E-state index is 0.290. The van der Waals surface area contributed by atoms with Crippen molar-refractivity contribution in [2.45, 2.75) is 18.9 Å². The average Bonchev–Trinajstić information content (AvgIpc) is 2.81. The number of halogens is 1. The molecule has 0 aliphatic rings. The highest BCUT2D eigenvalue weighted by atomic mass is 32.2. The fraction of sp³-hybridized carbons (Fsp3) is 0.250. The van der Waals surface area contributed by atoms with Crippen LogP contribution in [0.3, 0.4) is 0 Å². The molecule has 0 aliphatic heterocycles. The van der Waals surface area contributed by atoms with E-state index in [4.69, 9.17) is 4.74 Å². The first-order chi connectivity index (χ1) is 10.7. The molecule has 0 saturated heterocycles. The summed E-state index contributed by atoms with van der Waals surface area (Å²) in [4.78, 5) is 11.0. The molecule has 2 aromatic heterocycles. The van der Waals surface area contributed by atoms with Gasteiger partial charge in [0.1, 0.15) is 16.2 Å². The Bertz CT molecular complexity index is 804. The van der Waals surface area contributed by atoms with Gasteiger partial charge in [-0.15, -0.1) is 23.1 Å². The van der Waals surface area contributed by atoms with Crippen LogP contribution in [-0.4, -0.2) is 22.3 Å². The van der Waals surface area contributed by atoms with Gasteiger partial charge in [0, 0.05) is 16.0 Å². The van der Waals surface area contributed by atoms with E-state index in [0.29, 0.717) is 18.1 Å². The van der Waals surface area contributed by atoms with Gasteiger partial charge in [0.05, 0.1) is 6.61 Å². The first kappa shape index (κ1) is 15.2. The molecule has 3 rings (SSSR count). The average molecular weight is 334 g/mol. The summed E-state index contributed by atoms with van der Waals surface area (Å²) in [7, 11) is 0. The first-order valence-corrected chi connectivity index (χ1v) is 8.68. The van der Waals surface area contributed by atoms with Gasteiger partial charge in [-0.05, 0) is 31.5 Å². The Morgan fingerprint density at radius 1 is 1.23 bits per heavy atom. The largest absolute Gasteiger partial charge is 0.490 e. The maximum absolute atomic E-state index is 13.5. The summed E-state index contributed by atoms with van der Waals surface area (Å²) in [6.07, 6.45) is 1.60. The summed E-state index contributed by atoms with van der Waals surface area (Å²) in [6, 6.07) is 6.44. The zero-order valence-corrected chi connectivity index (χ0v) is 13.9. The number of fused-ring (bicyclic) bond motifs is 1. The third-order valence-electron chi connectivity index (χ3n) is 3.35. The Balaban J connectivity index is 1.66. The lowest BCUT2D eigenvalue weighted by molar-refractivity contribution is 0.325. The molecule has 1 aromatic carbocycles. The Morgan fingerprint density at radius 2 is 2.05 bits per heavy atom. The van der Waals surface area contributed by atoms with Crippen LogP contribution in [0.4, 0.5) is 4.39 Å². The molecule has 3 aromatic rings. The van der Waals surface area contributed by atoms with E-state index < -0.39 is 0 Å². The minimum atomic E-state index is -0.332. The fourth-order valence-corrected chi connectivity index (χ4v) is 4.05. The quantitative estimate of drug-likeness (QED) is 0.387. The molecule has 0 N–H and O–H groups in total. The number of rotatable bonds is 5. The second-order valence-corrected chi connectivity index (χ2v) is 7.06. The fourth-order valence-electron chi connectivity index (χ4n) is 2.11. The molecule has 22 heavy (non-hydrogen) atoms. The van der Waals surface area contributed by atoms with Crippen molar-refractivity contribution in [1.29, 1.82) is 0 Å². The van der Waals surface area contributed by atoms with Gasteiger partial charge in [0.15, 0.2) is 11.6 Å². The molecule has 0 saturated carbocycles. The van der Waals surface area contributed by atoms with Crippen LogP contribution in [0.5, 0.6) is 5.75 Å². The van der Waals surface area contributed by atoms with Crippen LogP contribution in [0.2, 0.25) is 0 Å². The summed E-state index contributed by atoms with van der Waals surface area (Å²) in [5, 5.41) is 2.09. The lowest BCUT2D eigenvalue weighted by atomic mass is 10.2. The molecule has 2 heterocycles. The molecule has 3 nitrogen and oxygen atoms in total. The molecule has 0 unspecified atom stereocenters. The van der Waals surface area contributed by atoms with Crippen LogP contribution in [0.25, 0.3) is 10.2 Å². The van der Waals surface area contributed by atoms with Crippen molar-refractivity contribution in [3.05, 3.63) is 46.9 Å². The van der Waals surface area contributed by atoms with E-state index in [1.165, 1.54) is 16.5 Å². The predicted molar refractivity (Wildman–Crippen MR) is 89.5 cm³/mol. The molecule has 0 spiro atoms. The highest BCUT2D eigenvalue weighted by molar-refractivity contribution is 7.99. The second-order valence-electron chi connectivity index (χ2n) is 4.77. The number of ether oxygens (including phenoxy) is 1. The van der Waals surface area contributed by atoms with Crippen molar-refractivity contribution in [3.63, 3.8) is 0 Å². The van der Waals surface area contributed by atoms with Gasteiger partial charge in [-0.2, -0.15) is 0 Å². The monoisotopic (exact) mass is 334 g/mol. The van der Waals surface area contributed by atoms with Gasteiger partial charge in [0.2, 0.25) is 0 Å². The number of benzene rings is 1. The van der Waals surface area contributed by atoms with Gasteiger partial charge in [-0.1, -0.05) is 12.1 Å². The first-order valence-electron chi connectivity index (χ1n) is 6.87. The highest BCUT2D eigenvalue weighted by Crippen LogP contribution is 2.34. The van der Waals surface area contributed by atoms with Crippen LogP contribution >= 0.6 is 23.1 Å². The Hall–Kier alpha value is -1.66. The number of hydrogen-bond acceptors (Lipinski definition) is 5. The molecular formula is C16H15FN2OS2. The summed E-state index contributed by atoms with van der Waals surface area (Å²) < 4.78 is 18.9. The van der Waals surface area contributed by atoms with Gasteiger partial charge in [-0.3, -0.25) is 0 Å².